The summed E-state index contributed by atoms with van der Waals surface area (Å²) in [7, 11) is 0. The van der Waals surface area contributed by atoms with Gasteiger partial charge in [0.25, 0.3) is 0 Å². The van der Waals surface area contributed by atoms with Crippen molar-refractivity contribution in [1.29, 1.82) is 0 Å². The van der Waals surface area contributed by atoms with Crippen molar-refractivity contribution in [3.63, 3.8) is 0 Å². The van der Waals surface area contributed by atoms with E-state index in [2.05, 4.69) is 20.2 Å². The zero-order chi connectivity index (χ0) is 15.0. The number of aromatic nitrogens is 2. The average molecular weight is 306 g/mol. The number of rotatable bonds is 7. The Labute approximate surface area is 132 Å². The molecule has 0 aliphatic carbocycles. The molecule has 0 aromatic carbocycles. The van der Waals surface area contributed by atoms with E-state index in [1.54, 1.807) is 6.33 Å². The second-order valence-electron chi connectivity index (χ2n) is 5.95. The molecule has 122 valence electrons. The molecule has 22 heavy (non-hydrogen) atoms. The van der Waals surface area contributed by atoms with Crippen LogP contribution in [0.2, 0.25) is 0 Å². The second-order valence-corrected chi connectivity index (χ2v) is 5.95. The highest BCUT2D eigenvalue weighted by Crippen LogP contribution is 2.19. The van der Waals surface area contributed by atoms with Gasteiger partial charge < -0.3 is 19.7 Å². The molecule has 3 heterocycles. The monoisotopic (exact) mass is 306 g/mol. The van der Waals surface area contributed by atoms with Crippen LogP contribution in [0.15, 0.2) is 12.4 Å². The lowest BCUT2D eigenvalue weighted by molar-refractivity contribution is 0.0206. The molecule has 0 radical (unpaired) electrons. The lowest BCUT2D eigenvalue weighted by atomic mass is 10.1. The molecule has 1 N–H and O–H groups in total. The van der Waals surface area contributed by atoms with Crippen molar-refractivity contribution in [2.75, 3.05) is 49.7 Å². The van der Waals surface area contributed by atoms with Crippen LogP contribution < -0.4 is 10.2 Å². The predicted octanol–water partition coefficient (Wildman–Crippen LogP) is 2.07. The maximum absolute atomic E-state index is 5.64. The fourth-order valence-electron chi connectivity index (χ4n) is 2.98. The van der Waals surface area contributed by atoms with Crippen LogP contribution in [-0.4, -0.2) is 55.5 Å². The van der Waals surface area contributed by atoms with E-state index in [4.69, 9.17) is 9.47 Å². The minimum Gasteiger partial charge on any atom is -0.377 e. The van der Waals surface area contributed by atoms with Crippen molar-refractivity contribution < 1.29 is 9.47 Å². The van der Waals surface area contributed by atoms with Crippen molar-refractivity contribution >= 4 is 11.6 Å². The minimum atomic E-state index is 0.296. The van der Waals surface area contributed by atoms with Crippen molar-refractivity contribution in [3.05, 3.63) is 12.4 Å². The number of ether oxygens (including phenoxy) is 2. The highest BCUT2D eigenvalue weighted by Gasteiger charge is 2.15. The number of anilines is 2. The first-order valence-corrected chi connectivity index (χ1v) is 8.42. The molecule has 3 rings (SSSR count). The quantitative estimate of drug-likeness (QED) is 0.778. The maximum atomic E-state index is 5.64. The smallest absolute Gasteiger partial charge is 0.134 e. The Balaban J connectivity index is 1.38. The summed E-state index contributed by atoms with van der Waals surface area (Å²) in [5.74, 6) is 1.90. The molecule has 1 aromatic rings. The van der Waals surface area contributed by atoms with E-state index < -0.39 is 0 Å². The van der Waals surface area contributed by atoms with E-state index >= 15 is 0 Å². The largest absolute Gasteiger partial charge is 0.377 e. The van der Waals surface area contributed by atoms with Gasteiger partial charge in [0.1, 0.15) is 18.0 Å². The first-order valence-electron chi connectivity index (χ1n) is 8.42. The Kier molecular flexibility index (Phi) is 5.84. The van der Waals surface area contributed by atoms with Crippen LogP contribution in [0.25, 0.3) is 0 Å². The summed E-state index contributed by atoms with van der Waals surface area (Å²) in [6, 6.07) is 2.03. The van der Waals surface area contributed by atoms with Gasteiger partial charge in [-0.25, -0.2) is 9.97 Å². The van der Waals surface area contributed by atoms with Gasteiger partial charge >= 0.3 is 0 Å². The number of hydrogen-bond donors (Lipinski definition) is 1. The lowest BCUT2D eigenvalue weighted by Crippen LogP contribution is -2.30. The molecule has 2 aliphatic heterocycles. The third-order valence-electron chi connectivity index (χ3n) is 4.21. The van der Waals surface area contributed by atoms with E-state index in [0.29, 0.717) is 19.3 Å². The lowest BCUT2D eigenvalue weighted by Gasteiger charge is -2.27. The van der Waals surface area contributed by atoms with Gasteiger partial charge in [0, 0.05) is 32.3 Å². The van der Waals surface area contributed by atoms with Crippen molar-refractivity contribution in [2.24, 2.45) is 0 Å². The van der Waals surface area contributed by atoms with Crippen LogP contribution in [0.1, 0.15) is 32.1 Å². The molecule has 2 saturated heterocycles. The predicted molar refractivity (Wildman–Crippen MR) is 86.4 cm³/mol. The van der Waals surface area contributed by atoms with Crippen LogP contribution in [0.3, 0.4) is 0 Å². The van der Waals surface area contributed by atoms with E-state index in [1.165, 1.54) is 19.3 Å². The molecule has 1 aromatic heterocycles. The topological polar surface area (TPSA) is 59.5 Å². The number of hydrogen-bond acceptors (Lipinski definition) is 6. The molecule has 0 bridgehead atoms. The van der Waals surface area contributed by atoms with Gasteiger partial charge in [-0.1, -0.05) is 0 Å². The molecule has 6 nitrogen and oxygen atoms in total. The first kappa shape index (κ1) is 15.5. The molecule has 6 heteroatoms. The molecule has 1 atom stereocenters. The summed E-state index contributed by atoms with van der Waals surface area (Å²) in [6.45, 7) is 5.20. The molecule has 1 unspecified atom stereocenters. The standard InChI is InChI=1S/C16H26N4O2/c1-2-7-20(8-3-1)16-11-15(18-13-19-16)17-6-10-21-12-14-5-4-9-22-14/h11,13-14H,1-10,12H2,(H,17,18,19). The second kappa shape index (κ2) is 8.29. The molecule has 0 spiro atoms. The number of piperidine rings is 1. The summed E-state index contributed by atoms with van der Waals surface area (Å²) in [5.41, 5.74) is 0. The SMILES string of the molecule is c1nc(NCCOCC2CCCO2)cc(N2CCCCC2)n1. The first-order chi connectivity index (χ1) is 10.9. The fraction of sp³-hybridized carbons (Fsp3) is 0.750. The molecular formula is C16H26N4O2. The van der Waals surface area contributed by atoms with Crippen LogP contribution in [0, 0.1) is 0 Å². The third kappa shape index (κ3) is 4.55. The Morgan fingerprint density at radius 2 is 2.14 bits per heavy atom. The molecule has 0 amide bonds. The Bertz CT molecular complexity index is 446. The maximum Gasteiger partial charge on any atom is 0.134 e. The summed E-state index contributed by atoms with van der Waals surface area (Å²) in [6.07, 6.45) is 8.05. The zero-order valence-corrected chi connectivity index (χ0v) is 13.2. The van der Waals surface area contributed by atoms with E-state index in [9.17, 15) is 0 Å². The normalized spacial score (nSPS) is 22.0. The number of nitrogens with zero attached hydrogens (tertiary/aromatic N) is 3. The molecule has 0 saturated carbocycles. The molecular weight excluding hydrogens is 280 g/mol. The Morgan fingerprint density at radius 3 is 2.95 bits per heavy atom. The van der Waals surface area contributed by atoms with Crippen molar-refractivity contribution in [2.45, 2.75) is 38.2 Å². The van der Waals surface area contributed by atoms with E-state index in [0.717, 1.165) is 50.7 Å². The van der Waals surface area contributed by atoms with Gasteiger partial charge in [0.05, 0.1) is 19.3 Å². The fourth-order valence-corrected chi connectivity index (χ4v) is 2.98. The summed E-state index contributed by atoms with van der Waals surface area (Å²) in [5, 5.41) is 3.31. The highest BCUT2D eigenvalue weighted by molar-refractivity contribution is 5.48. The van der Waals surface area contributed by atoms with E-state index in [-0.39, 0.29) is 0 Å². The van der Waals surface area contributed by atoms with Crippen LogP contribution >= 0.6 is 0 Å². The Morgan fingerprint density at radius 1 is 1.23 bits per heavy atom. The third-order valence-corrected chi connectivity index (χ3v) is 4.21. The van der Waals surface area contributed by atoms with Crippen LogP contribution in [0.4, 0.5) is 11.6 Å². The highest BCUT2D eigenvalue weighted by atomic mass is 16.5. The van der Waals surface area contributed by atoms with Crippen LogP contribution in [0.5, 0.6) is 0 Å². The summed E-state index contributed by atoms with van der Waals surface area (Å²) < 4.78 is 11.2. The summed E-state index contributed by atoms with van der Waals surface area (Å²) in [4.78, 5) is 11.0. The van der Waals surface area contributed by atoms with Gasteiger partial charge in [-0.05, 0) is 32.1 Å². The van der Waals surface area contributed by atoms with Crippen LogP contribution in [-0.2, 0) is 9.47 Å². The van der Waals surface area contributed by atoms with Crippen molar-refractivity contribution in [3.8, 4) is 0 Å². The van der Waals surface area contributed by atoms with Gasteiger partial charge in [-0.3, -0.25) is 0 Å². The van der Waals surface area contributed by atoms with Gasteiger partial charge in [0.2, 0.25) is 0 Å². The van der Waals surface area contributed by atoms with Gasteiger partial charge in [-0.15, -0.1) is 0 Å². The average Bonchev–Trinajstić information content (AvgIpc) is 3.09. The Hall–Kier alpha value is -1.40. The van der Waals surface area contributed by atoms with E-state index in [1.807, 2.05) is 6.07 Å². The molecule has 2 fully saturated rings. The minimum absolute atomic E-state index is 0.296. The molecule has 2 aliphatic rings. The van der Waals surface area contributed by atoms with Crippen molar-refractivity contribution in [1.82, 2.24) is 9.97 Å². The van der Waals surface area contributed by atoms with Gasteiger partial charge in [-0.2, -0.15) is 0 Å². The zero-order valence-electron chi connectivity index (χ0n) is 13.2. The van der Waals surface area contributed by atoms with Gasteiger partial charge in [0.15, 0.2) is 0 Å². The number of nitrogens with one attached hydrogen (secondary N) is 1. The summed E-state index contributed by atoms with van der Waals surface area (Å²) >= 11 is 0.